The number of hydrogen-bond donors (Lipinski definition) is 2. The zero-order chi connectivity index (χ0) is 20.9. The number of nitrogens with zero attached hydrogens (tertiary/aromatic N) is 1. The van der Waals surface area contributed by atoms with Gasteiger partial charge in [0.05, 0.1) is 18.8 Å². The van der Waals surface area contributed by atoms with Crippen LogP contribution in [0.2, 0.25) is 0 Å². The number of amides is 3. The fourth-order valence-electron chi connectivity index (χ4n) is 3.62. The van der Waals surface area contributed by atoms with Gasteiger partial charge in [0, 0.05) is 24.2 Å². The summed E-state index contributed by atoms with van der Waals surface area (Å²) in [7, 11) is 1.60. The van der Waals surface area contributed by atoms with Gasteiger partial charge in [0.2, 0.25) is 5.91 Å². The van der Waals surface area contributed by atoms with Crippen LogP contribution in [0.1, 0.15) is 6.42 Å². The van der Waals surface area contributed by atoms with Crippen molar-refractivity contribution < 1.29 is 14.3 Å². The molecule has 3 amide bonds. The lowest BCUT2D eigenvalue weighted by atomic mass is 10.0. The number of carbonyl (C=O) groups is 2. The Morgan fingerprint density at radius 3 is 2.40 bits per heavy atom. The van der Waals surface area contributed by atoms with Gasteiger partial charge in [-0.25, -0.2) is 4.79 Å². The van der Waals surface area contributed by atoms with E-state index in [2.05, 4.69) is 10.6 Å². The molecular formula is C24H23N3O3. The van der Waals surface area contributed by atoms with Gasteiger partial charge in [0.15, 0.2) is 0 Å². The van der Waals surface area contributed by atoms with Crippen LogP contribution in [0.25, 0.3) is 11.1 Å². The molecule has 1 aliphatic heterocycles. The minimum atomic E-state index is -0.326. The first kappa shape index (κ1) is 19.5. The summed E-state index contributed by atoms with van der Waals surface area (Å²) in [6, 6.07) is 24.3. The molecule has 0 radical (unpaired) electrons. The number of hydrogen-bond acceptors (Lipinski definition) is 3. The lowest BCUT2D eigenvalue weighted by Crippen LogP contribution is -2.39. The monoisotopic (exact) mass is 401 g/mol. The Bertz CT molecular complexity index is 1040. The highest BCUT2D eigenvalue weighted by atomic mass is 16.5. The molecule has 0 saturated carbocycles. The van der Waals surface area contributed by atoms with E-state index in [0.29, 0.717) is 6.54 Å². The Labute approximate surface area is 175 Å². The predicted molar refractivity (Wildman–Crippen MR) is 118 cm³/mol. The molecule has 0 bridgehead atoms. The van der Waals surface area contributed by atoms with Crippen molar-refractivity contribution in [3.63, 3.8) is 0 Å². The third kappa shape index (κ3) is 4.27. The molecule has 3 aromatic rings. The molecule has 1 fully saturated rings. The molecule has 3 aromatic carbocycles. The van der Waals surface area contributed by atoms with Crippen molar-refractivity contribution in [2.45, 2.75) is 12.5 Å². The molecule has 152 valence electrons. The van der Waals surface area contributed by atoms with Crippen molar-refractivity contribution in [3.05, 3.63) is 78.9 Å². The number of benzene rings is 3. The fourth-order valence-corrected chi connectivity index (χ4v) is 3.62. The van der Waals surface area contributed by atoms with Crippen LogP contribution in [-0.2, 0) is 4.79 Å². The zero-order valence-electron chi connectivity index (χ0n) is 16.7. The van der Waals surface area contributed by atoms with Crippen molar-refractivity contribution in [2.75, 3.05) is 23.9 Å². The molecule has 6 heteroatoms. The zero-order valence-corrected chi connectivity index (χ0v) is 16.7. The average Bonchev–Trinajstić information content (AvgIpc) is 3.14. The van der Waals surface area contributed by atoms with Crippen LogP contribution in [0.3, 0.4) is 0 Å². The molecule has 0 aromatic heterocycles. The van der Waals surface area contributed by atoms with Crippen LogP contribution >= 0.6 is 0 Å². The molecule has 1 aliphatic rings. The maximum absolute atomic E-state index is 12.6. The van der Waals surface area contributed by atoms with Gasteiger partial charge in [-0.15, -0.1) is 0 Å². The minimum absolute atomic E-state index is 0.0184. The smallest absolute Gasteiger partial charge is 0.319 e. The summed E-state index contributed by atoms with van der Waals surface area (Å²) in [6.07, 6.45) is 0.264. The fraction of sp³-hybridized carbons (Fsp3) is 0.167. The maximum atomic E-state index is 12.6. The largest absolute Gasteiger partial charge is 0.497 e. The molecule has 1 atom stereocenters. The van der Waals surface area contributed by atoms with E-state index in [9.17, 15) is 9.59 Å². The van der Waals surface area contributed by atoms with Crippen molar-refractivity contribution in [1.82, 2.24) is 5.32 Å². The van der Waals surface area contributed by atoms with Gasteiger partial charge in [0.1, 0.15) is 5.75 Å². The number of ether oxygens (including phenoxy) is 1. The molecule has 2 N–H and O–H groups in total. The molecule has 0 spiro atoms. The van der Waals surface area contributed by atoms with Gasteiger partial charge < -0.3 is 20.3 Å². The third-order valence-corrected chi connectivity index (χ3v) is 5.10. The topological polar surface area (TPSA) is 70.7 Å². The molecule has 30 heavy (non-hydrogen) atoms. The normalized spacial score (nSPS) is 15.7. The molecule has 0 aliphatic carbocycles. The molecule has 1 saturated heterocycles. The lowest BCUT2D eigenvalue weighted by Gasteiger charge is -2.18. The van der Waals surface area contributed by atoms with Gasteiger partial charge in [0.25, 0.3) is 0 Å². The predicted octanol–water partition coefficient (Wildman–Crippen LogP) is 4.29. The van der Waals surface area contributed by atoms with E-state index >= 15 is 0 Å². The second-order valence-electron chi connectivity index (χ2n) is 7.11. The first-order chi connectivity index (χ1) is 14.6. The number of nitrogens with one attached hydrogen (secondary N) is 2. The molecule has 6 nitrogen and oxygen atoms in total. The Balaban J connectivity index is 1.41. The molecule has 4 rings (SSSR count). The van der Waals surface area contributed by atoms with Gasteiger partial charge in [-0.05, 0) is 35.9 Å². The maximum Gasteiger partial charge on any atom is 0.319 e. The lowest BCUT2D eigenvalue weighted by molar-refractivity contribution is -0.117. The van der Waals surface area contributed by atoms with E-state index in [1.807, 2.05) is 78.9 Å². The van der Waals surface area contributed by atoms with Crippen molar-refractivity contribution in [1.29, 1.82) is 0 Å². The van der Waals surface area contributed by atoms with Crippen molar-refractivity contribution in [3.8, 4) is 16.9 Å². The van der Waals surface area contributed by atoms with Crippen LogP contribution in [-0.4, -0.2) is 31.6 Å². The summed E-state index contributed by atoms with van der Waals surface area (Å²) in [4.78, 5) is 26.7. The van der Waals surface area contributed by atoms with E-state index in [-0.39, 0.29) is 24.4 Å². The molecule has 0 unspecified atom stereocenters. The van der Waals surface area contributed by atoms with E-state index in [4.69, 9.17) is 4.74 Å². The highest BCUT2D eigenvalue weighted by Crippen LogP contribution is 2.28. The summed E-state index contributed by atoms with van der Waals surface area (Å²) in [5.74, 6) is 0.715. The molecular weight excluding hydrogens is 378 g/mol. The average molecular weight is 401 g/mol. The SMILES string of the molecule is COc1ccc(N2C[C@H](NC(=O)Nc3ccccc3-c3ccccc3)CC2=O)cc1. The van der Waals surface area contributed by atoms with E-state index in [0.717, 1.165) is 28.3 Å². The van der Waals surface area contributed by atoms with Crippen molar-refractivity contribution in [2.24, 2.45) is 0 Å². The number of para-hydroxylation sites is 1. The van der Waals surface area contributed by atoms with E-state index in [1.165, 1.54) is 0 Å². The number of carbonyl (C=O) groups excluding carboxylic acids is 2. The van der Waals surface area contributed by atoms with Crippen LogP contribution < -0.4 is 20.3 Å². The van der Waals surface area contributed by atoms with E-state index in [1.54, 1.807) is 12.0 Å². The van der Waals surface area contributed by atoms with Gasteiger partial charge in [-0.3, -0.25) is 4.79 Å². The second kappa shape index (κ2) is 8.69. The van der Waals surface area contributed by atoms with Gasteiger partial charge in [-0.2, -0.15) is 0 Å². The highest BCUT2D eigenvalue weighted by molar-refractivity contribution is 5.98. The van der Waals surface area contributed by atoms with Gasteiger partial charge in [-0.1, -0.05) is 48.5 Å². The molecule has 1 heterocycles. The first-order valence-electron chi connectivity index (χ1n) is 9.80. The number of rotatable bonds is 5. The van der Waals surface area contributed by atoms with Crippen LogP contribution in [0, 0.1) is 0 Å². The standard InChI is InChI=1S/C24H23N3O3/c1-30-20-13-11-19(12-14-20)27-16-18(15-23(27)28)25-24(29)26-22-10-6-5-9-21(22)17-7-3-2-4-8-17/h2-14,18H,15-16H2,1H3,(H2,25,26,29)/t18-/m1/s1. The Kier molecular flexibility index (Phi) is 5.66. The van der Waals surface area contributed by atoms with Crippen LogP contribution in [0.5, 0.6) is 5.75 Å². The highest BCUT2D eigenvalue weighted by Gasteiger charge is 2.31. The Morgan fingerprint density at radius 2 is 1.67 bits per heavy atom. The summed E-state index contributed by atoms with van der Waals surface area (Å²) in [6.45, 7) is 0.429. The first-order valence-corrected chi connectivity index (χ1v) is 9.80. The quantitative estimate of drug-likeness (QED) is 0.670. The number of methoxy groups -OCH3 is 1. The number of anilines is 2. The van der Waals surface area contributed by atoms with Crippen LogP contribution in [0.4, 0.5) is 16.2 Å². The third-order valence-electron chi connectivity index (χ3n) is 5.10. The van der Waals surface area contributed by atoms with Crippen LogP contribution in [0.15, 0.2) is 78.9 Å². The van der Waals surface area contributed by atoms with Crippen molar-refractivity contribution >= 4 is 23.3 Å². The van der Waals surface area contributed by atoms with Gasteiger partial charge >= 0.3 is 6.03 Å². The summed E-state index contributed by atoms with van der Waals surface area (Å²) in [5, 5.41) is 5.85. The Hall–Kier alpha value is -3.80. The summed E-state index contributed by atoms with van der Waals surface area (Å²) < 4.78 is 5.16. The Morgan fingerprint density at radius 1 is 0.967 bits per heavy atom. The summed E-state index contributed by atoms with van der Waals surface area (Å²) >= 11 is 0. The summed E-state index contributed by atoms with van der Waals surface area (Å²) in [5.41, 5.74) is 3.48. The second-order valence-corrected chi connectivity index (χ2v) is 7.11. The number of urea groups is 1. The minimum Gasteiger partial charge on any atom is -0.497 e. The van der Waals surface area contributed by atoms with E-state index < -0.39 is 0 Å².